The number of H-pyrrole nitrogens is 1. The van der Waals surface area contributed by atoms with Crippen LogP contribution in [0.4, 0.5) is 11.5 Å². The number of nitrogens with zero attached hydrogens (tertiary/aromatic N) is 2. The van der Waals surface area contributed by atoms with Crippen molar-refractivity contribution >= 4 is 40.0 Å². The minimum atomic E-state index is -0.763. The molecule has 0 aliphatic heterocycles. The number of carbonyl (C=O) groups excluding carboxylic acids is 1. The highest BCUT2D eigenvalue weighted by Crippen LogP contribution is 2.26. The molecule has 0 atom stereocenters. The second-order valence-electron chi connectivity index (χ2n) is 7.24. The first-order valence-corrected chi connectivity index (χ1v) is 9.73. The highest BCUT2D eigenvalue weighted by molar-refractivity contribution is 6.31. The van der Waals surface area contributed by atoms with Crippen LogP contribution in [-0.2, 0) is 11.3 Å². The van der Waals surface area contributed by atoms with E-state index in [1.54, 1.807) is 18.2 Å². The lowest BCUT2D eigenvalue weighted by Gasteiger charge is -2.23. The molecule has 3 aromatic rings. The predicted octanol–water partition coefficient (Wildman–Crippen LogP) is 2.47. The first-order chi connectivity index (χ1) is 14.2. The van der Waals surface area contributed by atoms with Gasteiger partial charge in [0.15, 0.2) is 11.4 Å². The summed E-state index contributed by atoms with van der Waals surface area (Å²) in [6.45, 7) is 4.26. The molecule has 1 amide bonds. The zero-order valence-corrected chi connectivity index (χ0v) is 17.7. The van der Waals surface area contributed by atoms with Crippen molar-refractivity contribution in [1.29, 1.82) is 0 Å². The molecule has 2 heterocycles. The van der Waals surface area contributed by atoms with Crippen LogP contribution >= 0.6 is 11.6 Å². The molecule has 9 nitrogen and oxygen atoms in total. The quantitative estimate of drug-likeness (QED) is 0.588. The fourth-order valence-corrected chi connectivity index (χ4v) is 3.32. The van der Waals surface area contributed by atoms with Crippen LogP contribution in [-0.4, -0.2) is 35.7 Å². The van der Waals surface area contributed by atoms with Gasteiger partial charge in [-0.2, -0.15) is 0 Å². The number of nitrogens with two attached hydrogens (primary N) is 1. The van der Waals surface area contributed by atoms with Gasteiger partial charge in [-0.15, -0.1) is 0 Å². The van der Waals surface area contributed by atoms with Crippen molar-refractivity contribution in [3.05, 3.63) is 55.9 Å². The topological polar surface area (TPSA) is 124 Å². The molecule has 10 heteroatoms. The Balaban J connectivity index is 2.12. The smallest absolute Gasteiger partial charge is 0.330 e. The Morgan fingerprint density at radius 3 is 2.73 bits per heavy atom. The minimum Gasteiger partial charge on any atom is -0.451 e. The molecular formula is C20H23ClN4O5. The second kappa shape index (κ2) is 8.76. The van der Waals surface area contributed by atoms with Crippen LogP contribution in [0.1, 0.15) is 24.4 Å². The molecule has 0 unspecified atom stereocenters. The summed E-state index contributed by atoms with van der Waals surface area (Å²) in [6.07, 6.45) is 0. The summed E-state index contributed by atoms with van der Waals surface area (Å²) in [5.41, 5.74) is 5.13. The van der Waals surface area contributed by atoms with E-state index >= 15 is 0 Å². The maximum absolute atomic E-state index is 13.3. The number of hydrogen-bond acceptors (Lipinski definition) is 6. The van der Waals surface area contributed by atoms with Crippen LogP contribution < -0.4 is 21.9 Å². The van der Waals surface area contributed by atoms with Gasteiger partial charge in [-0.1, -0.05) is 25.4 Å². The molecule has 0 saturated carbocycles. The molecule has 3 N–H and O–H groups in total. The van der Waals surface area contributed by atoms with E-state index in [1.807, 2.05) is 13.8 Å². The third kappa shape index (κ3) is 4.27. The van der Waals surface area contributed by atoms with Gasteiger partial charge in [-0.3, -0.25) is 24.0 Å². The summed E-state index contributed by atoms with van der Waals surface area (Å²) < 4.78 is 12.0. The largest absolute Gasteiger partial charge is 0.451 e. The van der Waals surface area contributed by atoms with Gasteiger partial charge in [0.05, 0.1) is 13.2 Å². The number of rotatable bonds is 7. The molecule has 0 fully saturated rings. The molecule has 160 valence electrons. The summed E-state index contributed by atoms with van der Waals surface area (Å²) in [5.74, 6) is -0.594. The molecule has 0 aliphatic rings. The first kappa shape index (κ1) is 21.7. The number of halogens is 1. The van der Waals surface area contributed by atoms with E-state index in [-0.39, 0.29) is 42.9 Å². The van der Waals surface area contributed by atoms with Crippen LogP contribution in [0.15, 0.2) is 38.3 Å². The Morgan fingerprint density at radius 1 is 1.33 bits per heavy atom. The second-order valence-corrected chi connectivity index (χ2v) is 7.68. The number of benzene rings is 1. The number of aromatic nitrogens is 2. The van der Waals surface area contributed by atoms with Crippen LogP contribution in [0.5, 0.6) is 0 Å². The molecule has 1 aromatic carbocycles. The summed E-state index contributed by atoms with van der Waals surface area (Å²) in [7, 11) is 1.47. The van der Waals surface area contributed by atoms with Gasteiger partial charge in [-0.25, -0.2) is 4.79 Å². The van der Waals surface area contributed by atoms with Crippen LogP contribution in [0.3, 0.4) is 0 Å². The Morgan fingerprint density at radius 2 is 2.07 bits per heavy atom. The van der Waals surface area contributed by atoms with E-state index in [0.29, 0.717) is 16.0 Å². The van der Waals surface area contributed by atoms with Gasteiger partial charge in [0.25, 0.3) is 11.5 Å². The van der Waals surface area contributed by atoms with E-state index < -0.39 is 17.2 Å². The molecule has 0 bridgehead atoms. The average Bonchev–Trinajstić information content (AvgIpc) is 3.10. The molecule has 2 aromatic heterocycles. The molecule has 3 rings (SSSR count). The fraction of sp³-hybridized carbons (Fsp3) is 0.350. The van der Waals surface area contributed by atoms with Crippen LogP contribution in [0, 0.1) is 5.92 Å². The van der Waals surface area contributed by atoms with Crippen molar-refractivity contribution < 1.29 is 13.9 Å². The number of ether oxygens (including phenoxy) is 1. The van der Waals surface area contributed by atoms with E-state index in [9.17, 15) is 14.4 Å². The average molecular weight is 435 g/mol. The number of aromatic amines is 1. The van der Waals surface area contributed by atoms with Crippen molar-refractivity contribution in [2.45, 2.75) is 20.4 Å². The minimum absolute atomic E-state index is 0.00350. The number of methoxy groups -OCH3 is 1. The van der Waals surface area contributed by atoms with Crippen molar-refractivity contribution in [3.63, 3.8) is 0 Å². The molecule has 30 heavy (non-hydrogen) atoms. The summed E-state index contributed by atoms with van der Waals surface area (Å²) in [5, 5.41) is 1.14. The van der Waals surface area contributed by atoms with Gasteiger partial charge < -0.3 is 14.9 Å². The summed E-state index contributed by atoms with van der Waals surface area (Å²) >= 11 is 6.00. The highest BCUT2D eigenvalue weighted by Gasteiger charge is 2.27. The van der Waals surface area contributed by atoms with Gasteiger partial charge in [0, 0.05) is 24.1 Å². The number of furan rings is 1. The number of nitrogen functional groups attached to an aromatic ring is 1. The van der Waals surface area contributed by atoms with Crippen molar-refractivity contribution in [2.24, 2.45) is 5.92 Å². The van der Waals surface area contributed by atoms with E-state index in [2.05, 4.69) is 4.98 Å². The number of hydrogen-bond donors (Lipinski definition) is 2. The fourth-order valence-electron chi connectivity index (χ4n) is 3.13. The number of amides is 1. The van der Waals surface area contributed by atoms with Gasteiger partial charge in [0.1, 0.15) is 11.4 Å². The first-order valence-electron chi connectivity index (χ1n) is 9.35. The van der Waals surface area contributed by atoms with Crippen molar-refractivity contribution in [3.8, 4) is 0 Å². The summed E-state index contributed by atoms with van der Waals surface area (Å²) in [6, 6.07) is 6.51. The zero-order valence-electron chi connectivity index (χ0n) is 16.9. The monoisotopic (exact) mass is 434 g/mol. The lowest BCUT2D eigenvalue weighted by Crippen LogP contribution is -2.42. The number of carbonyl (C=O) groups is 1. The highest BCUT2D eigenvalue weighted by atomic mass is 35.5. The maximum Gasteiger partial charge on any atom is 0.330 e. The Labute approximate surface area is 177 Å². The van der Waals surface area contributed by atoms with Crippen molar-refractivity contribution in [1.82, 2.24) is 9.55 Å². The van der Waals surface area contributed by atoms with Gasteiger partial charge in [0.2, 0.25) is 0 Å². The van der Waals surface area contributed by atoms with E-state index in [1.165, 1.54) is 17.7 Å². The third-order valence-electron chi connectivity index (χ3n) is 4.49. The van der Waals surface area contributed by atoms with Crippen molar-refractivity contribution in [2.75, 3.05) is 30.9 Å². The molecular weight excluding hydrogens is 412 g/mol. The zero-order chi connectivity index (χ0) is 22.0. The third-order valence-corrected chi connectivity index (χ3v) is 4.72. The van der Waals surface area contributed by atoms with Crippen LogP contribution in [0.2, 0.25) is 5.02 Å². The lowest BCUT2D eigenvalue weighted by molar-refractivity contribution is 0.0951. The molecule has 0 aliphatic carbocycles. The van der Waals surface area contributed by atoms with Crippen LogP contribution in [0.25, 0.3) is 11.0 Å². The Kier molecular flexibility index (Phi) is 6.33. The standard InChI is InChI=1S/C20H23ClN4O5/c1-11(2)10-25-17(22)16(18(26)23-20(25)28)24(6-7-29-3)19(27)15-9-12-8-13(21)4-5-14(12)30-15/h4-5,8-9,11H,6-7,10,22H2,1-3H3,(H,23,26,28). The SMILES string of the molecule is COCCN(C(=O)c1cc2cc(Cl)ccc2o1)c1c(N)n(CC(C)C)c(=O)[nH]c1=O. The number of nitrogens with one attached hydrogen (secondary N) is 1. The molecule has 0 radical (unpaired) electrons. The number of fused-ring (bicyclic) bond motifs is 1. The molecule has 0 spiro atoms. The summed E-state index contributed by atoms with van der Waals surface area (Å²) in [4.78, 5) is 41.5. The lowest BCUT2D eigenvalue weighted by atomic mass is 10.2. The Bertz CT molecular complexity index is 1190. The number of anilines is 2. The normalized spacial score (nSPS) is 11.4. The van der Waals surface area contributed by atoms with Gasteiger partial charge in [-0.05, 0) is 30.2 Å². The molecule has 0 saturated heterocycles. The van der Waals surface area contributed by atoms with E-state index in [4.69, 9.17) is 26.5 Å². The van der Waals surface area contributed by atoms with E-state index in [0.717, 1.165) is 4.90 Å². The predicted molar refractivity (Wildman–Crippen MR) is 115 cm³/mol. The Hall–Kier alpha value is -3.04. The van der Waals surface area contributed by atoms with Gasteiger partial charge >= 0.3 is 5.69 Å². The maximum atomic E-state index is 13.3.